The molecule has 0 radical (unpaired) electrons. The molecule has 1 aromatic rings. The van der Waals surface area contributed by atoms with E-state index in [9.17, 15) is 0 Å². The Bertz CT molecular complexity index is 279. The van der Waals surface area contributed by atoms with Crippen LogP contribution in [0.1, 0.15) is 12.5 Å². The molecular weight excluding hydrogens is 192 g/mol. The van der Waals surface area contributed by atoms with E-state index < -0.39 is 0 Å². The fraction of sp³-hybridized carbons (Fsp3) is 0.545. The van der Waals surface area contributed by atoms with Crippen molar-refractivity contribution in [2.45, 2.75) is 13.5 Å². The van der Waals surface area contributed by atoms with Gasteiger partial charge >= 0.3 is 0 Å². The van der Waals surface area contributed by atoms with Crippen LogP contribution in [0.2, 0.25) is 0 Å². The second kappa shape index (κ2) is 7.20. The summed E-state index contributed by atoms with van der Waals surface area (Å²) < 4.78 is 10.7. The Morgan fingerprint density at radius 3 is 3.00 bits per heavy atom. The number of hydrogen-bond acceptors (Lipinski definition) is 4. The zero-order valence-corrected chi connectivity index (χ0v) is 9.32. The standard InChI is InChI=1S/C11H18N2O2/c1-3-14-7-8-15-11-10(9-12-2)5-4-6-13-11/h4-6,12H,3,7-9H2,1-2H3. The molecule has 1 aromatic heterocycles. The molecule has 0 bridgehead atoms. The monoisotopic (exact) mass is 210 g/mol. The number of nitrogens with zero attached hydrogens (tertiary/aromatic N) is 1. The summed E-state index contributed by atoms with van der Waals surface area (Å²) in [5.41, 5.74) is 1.07. The Labute approximate surface area is 90.6 Å². The van der Waals surface area contributed by atoms with E-state index in [1.807, 2.05) is 26.1 Å². The second-order valence-electron chi connectivity index (χ2n) is 3.04. The Balaban J connectivity index is 2.44. The highest BCUT2D eigenvalue weighted by Crippen LogP contribution is 2.13. The minimum atomic E-state index is 0.543. The van der Waals surface area contributed by atoms with Gasteiger partial charge in [-0.1, -0.05) is 6.07 Å². The topological polar surface area (TPSA) is 43.4 Å². The fourth-order valence-electron chi connectivity index (χ4n) is 1.22. The highest BCUT2D eigenvalue weighted by molar-refractivity contribution is 5.25. The molecule has 1 heterocycles. The molecule has 15 heavy (non-hydrogen) atoms. The van der Waals surface area contributed by atoms with Gasteiger partial charge < -0.3 is 14.8 Å². The van der Waals surface area contributed by atoms with Gasteiger partial charge in [-0.05, 0) is 20.0 Å². The summed E-state index contributed by atoms with van der Waals surface area (Å²) in [6.07, 6.45) is 1.73. The summed E-state index contributed by atoms with van der Waals surface area (Å²) in [5, 5.41) is 3.07. The van der Waals surface area contributed by atoms with Crippen LogP contribution in [-0.2, 0) is 11.3 Å². The van der Waals surface area contributed by atoms with Crippen molar-refractivity contribution in [3.05, 3.63) is 23.9 Å². The lowest BCUT2D eigenvalue weighted by Crippen LogP contribution is -2.11. The highest BCUT2D eigenvalue weighted by atomic mass is 16.5. The molecule has 0 aromatic carbocycles. The molecule has 0 aliphatic heterocycles. The number of aromatic nitrogens is 1. The van der Waals surface area contributed by atoms with Gasteiger partial charge in [0.1, 0.15) is 6.61 Å². The van der Waals surface area contributed by atoms with Gasteiger partial charge in [0.2, 0.25) is 5.88 Å². The van der Waals surface area contributed by atoms with Crippen molar-refractivity contribution in [3.63, 3.8) is 0 Å². The Morgan fingerprint density at radius 1 is 1.40 bits per heavy atom. The van der Waals surface area contributed by atoms with Crippen LogP contribution >= 0.6 is 0 Å². The summed E-state index contributed by atoms with van der Waals surface area (Å²) in [6, 6.07) is 3.90. The van der Waals surface area contributed by atoms with Crippen LogP contribution in [0.4, 0.5) is 0 Å². The van der Waals surface area contributed by atoms with Crippen LogP contribution in [0, 0.1) is 0 Å². The summed E-state index contributed by atoms with van der Waals surface area (Å²) in [6.45, 7) is 4.59. The minimum absolute atomic E-state index is 0.543. The molecule has 0 saturated heterocycles. The zero-order chi connectivity index (χ0) is 10.9. The van der Waals surface area contributed by atoms with Gasteiger partial charge in [-0.25, -0.2) is 4.98 Å². The van der Waals surface area contributed by atoms with Gasteiger partial charge in [0.05, 0.1) is 6.61 Å². The van der Waals surface area contributed by atoms with E-state index in [1.54, 1.807) is 6.20 Å². The number of nitrogens with one attached hydrogen (secondary N) is 1. The lowest BCUT2D eigenvalue weighted by Gasteiger charge is -2.09. The molecule has 0 amide bonds. The van der Waals surface area contributed by atoms with Crippen LogP contribution in [0.3, 0.4) is 0 Å². The van der Waals surface area contributed by atoms with Crippen molar-refractivity contribution in [3.8, 4) is 5.88 Å². The smallest absolute Gasteiger partial charge is 0.217 e. The van der Waals surface area contributed by atoms with Gasteiger partial charge in [0, 0.05) is 24.9 Å². The molecule has 84 valence electrons. The molecule has 1 rings (SSSR count). The lowest BCUT2D eigenvalue weighted by molar-refractivity contribution is 0.108. The molecule has 1 N–H and O–H groups in total. The maximum absolute atomic E-state index is 5.52. The van der Waals surface area contributed by atoms with Gasteiger partial charge in [-0.15, -0.1) is 0 Å². The summed E-state index contributed by atoms with van der Waals surface area (Å²) in [4.78, 5) is 4.18. The van der Waals surface area contributed by atoms with Gasteiger partial charge in [-0.2, -0.15) is 0 Å². The van der Waals surface area contributed by atoms with Crippen molar-refractivity contribution in [1.82, 2.24) is 10.3 Å². The van der Waals surface area contributed by atoms with Crippen LogP contribution in [-0.4, -0.2) is 31.9 Å². The number of rotatable bonds is 7. The summed E-state index contributed by atoms with van der Waals surface area (Å²) in [7, 11) is 1.90. The van der Waals surface area contributed by atoms with Gasteiger partial charge in [0.25, 0.3) is 0 Å². The average Bonchev–Trinajstić information content (AvgIpc) is 2.27. The first kappa shape index (κ1) is 11.9. The normalized spacial score (nSPS) is 10.3. The largest absolute Gasteiger partial charge is 0.475 e. The maximum atomic E-state index is 5.52. The van der Waals surface area contributed by atoms with Crippen LogP contribution in [0.15, 0.2) is 18.3 Å². The third-order valence-corrected chi connectivity index (χ3v) is 1.89. The number of pyridine rings is 1. The third-order valence-electron chi connectivity index (χ3n) is 1.89. The predicted molar refractivity (Wildman–Crippen MR) is 59.0 cm³/mol. The van der Waals surface area contributed by atoms with E-state index in [4.69, 9.17) is 9.47 Å². The number of hydrogen-bond donors (Lipinski definition) is 1. The van der Waals surface area contributed by atoms with E-state index >= 15 is 0 Å². The van der Waals surface area contributed by atoms with Crippen LogP contribution in [0.25, 0.3) is 0 Å². The quantitative estimate of drug-likeness (QED) is 0.687. The van der Waals surface area contributed by atoms with E-state index in [0.717, 1.165) is 18.7 Å². The molecule has 0 saturated carbocycles. The minimum Gasteiger partial charge on any atom is -0.475 e. The predicted octanol–water partition coefficient (Wildman–Crippen LogP) is 1.22. The molecule has 0 atom stereocenters. The summed E-state index contributed by atoms with van der Waals surface area (Å²) >= 11 is 0. The second-order valence-corrected chi connectivity index (χ2v) is 3.04. The lowest BCUT2D eigenvalue weighted by atomic mass is 10.3. The Hall–Kier alpha value is -1.13. The SMILES string of the molecule is CCOCCOc1ncccc1CNC. The molecule has 0 spiro atoms. The molecule has 4 nitrogen and oxygen atoms in total. The van der Waals surface area contributed by atoms with Crippen molar-refractivity contribution in [2.75, 3.05) is 26.9 Å². The van der Waals surface area contributed by atoms with Crippen molar-refractivity contribution in [1.29, 1.82) is 0 Å². The molecule has 0 aliphatic rings. The maximum Gasteiger partial charge on any atom is 0.217 e. The van der Waals surface area contributed by atoms with Gasteiger partial charge in [-0.3, -0.25) is 0 Å². The highest BCUT2D eigenvalue weighted by Gasteiger charge is 2.02. The van der Waals surface area contributed by atoms with Gasteiger partial charge in [0.15, 0.2) is 0 Å². The molecule has 0 unspecified atom stereocenters. The van der Waals surface area contributed by atoms with Crippen molar-refractivity contribution < 1.29 is 9.47 Å². The van der Waals surface area contributed by atoms with Crippen molar-refractivity contribution >= 4 is 0 Å². The third kappa shape index (κ3) is 4.27. The first-order chi connectivity index (χ1) is 7.38. The first-order valence-electron chi connectivity index (χ1n) is 5.17. The van der Waals surface area contributed by atoms with Crippen molar-refractivity contribution in [2.24, 2.45) is 0 Å². The first-order valence-corrected chi connectivity index (χ1v) is 5.17. The van der Waals surface area contributed by atoms with E-state index in [0.29, 0.717) is 19.1 Å². The average molecular weight is 210 g/mol. The molecular formula is C11H18N2O2. The molecule has 4 heteroatoms. The van der Waals surface area contributed by atoms with Crippen LogP contribution in [0.5, 0.6) is 5.88 Å². The van der Waals surface area contributed by atoms with E-state index in [2.05, 4.69) is 10.3 Å². The van der Waals surface area contributed by atoms with E-state index in [-0.39, 0.29) is 0 Å². The Morgan fingerprint density at radius 2 is 2.27 bits per heavy atom. The molecule has 0 fully saturated rings. The Kier molecular flexibility index (Phi) is 5.73. The summed E-state index contributed by atoms with van der Waals surface area (Å²) in [5.74, 6) is 0.687. The van der Waals surface area contributed by atoms with Crippen LogP contribution < -0.4 is 10.1 Å². The molecule has 0 aliphatic carbocycles. The van der Waals surface area contributed by atoms with E-state index in [1.165, 1.54) is 0 Å². The zero-order valence-electron chi connectivity index (χ0n) is 9.32. The fourth-order valence-corrected chi connectivity index (χ4v) is 1.22. The number of ether oxygens (including phenoxy) is 2.